The lowest BCUT2D eigenvalue weighted by atomic mass is 9.83. The number of hydrogen-bond donors (Lipinski definition) is 1. The van der Waals surface area contributed by atoms with E-state index >= 15 is 0 Å². The van der Waals surface area contributed by atoms with Crippen LogP contribution in [-0.2, 0) is 20.7 Å². The second-order valence-electron chi connectivity index (χ2n) is 6.50. The lowest BCUT2D eigenvalue weighted by molar-refractivity contribution is -0.144. The number of carboxylic acids is 1. The van der Waals surface area contributed by atoms with Gasteiger partial charge in [0.05, 0.1) is 18.6 Å². The average Bonchev–Trinajstić information content (AvgIpc) is 2.56. The van der Waals surface area contributed by atoms with Gasteiger partial charge in [-0.05, 0) is 43.6 Å². The molecular formula is C19H26O4S. The molecular weight excluding hydrogens is 324 g/mol. The number of hydrogen-bond acceptors (Lipinski definition) is 4. The summed E-state index contributed by atoms with van der Waals surface area (Å²) in [6, 6.07) is 10.5. The van der Waals surface area contributed by atoms with Gasteiger partial charge in [0.25, 0.3) is 0 Å². The van der Waals surface area contributed by atoms with Gasteiger partial charge in [-0.3, -0.25) is 9.59 Å². The predicted octanol–water partition coefficient (Wildman–Crippen LogP) is 3.79. The molecule has 5 heteroatoms. The standard InChI is InChI=1S/C19H26O4S/c1-14(20)24-13-17(19(21)22)12-23-18-9-7-16(8-10-18)11-15-5-3-2-4-6-15/h2-6,16-18H,7-13H2,1H3,(H,21,22). The van der Waals surface area contributed by atoms with Crippen molar-refractivity contribution >= 4 is 22.8 Å². The van der Waals surface area contributed by atoms with Crippen molar-refractivity contribution in [2.75, 3.05) is 12.4 Å². The number of carboxylic acid groups (broad SMARTS) is 1. The smallest absolute Gasteiger partial charge is 0.309 e. The second kappa shape index (κ2) is 9.84. The van der Waals surface area contributed by atoms with E-state index in [0.717, 1.165) is 43.9 Å². The molecule has 0 aromatic heterocycles. The van der Waals surface area contributed by atoms with Gasteiger partial charge >= 0.3 is 5.97 Å². The first-order valence-corrected chi connectivity index (χ1v) is 9.55. The van der Waals surface area contributed by atoms with Crippen LogP contribution in [0.25, 0.3) is 0 Å². The largest absolute Gasteiger partial charge is 0.481 e. The van der Waals surface area contributed by atoms with Gasteiger partial charge in [0.15, 0.2) is 5.12 Å². The summed E-state index contributed by atoms with van der Waals surface area (Å²) in [7, 11) is 0. The molecule has 1 aliphatic carbocycles. The molecule has 4 nitrogen and oxygen atoms in total. The number of benzene rings is 1. The van der Waals surface area contributed by atoms with E-state index in [-0.39, 0.29) is 23.6 Å². The SMILES string of the molecule is CC(=O)SCC(COC1CCC(Cc2ccccc2)CC1)C(=O)O. The minimum absolute atomic E-state index is 0.0531. The number of carbonyl (C=O) groups excluding carboxylic acids is 1. The third kappa shape index (κ3) is 6.65. The van der Waals surface area contributed by atoms with Crippen molar-refractivity contribution in [2.45, 2.75) is 45.1 Å². The summed E-state index contributed by atoms with van der Waals surface area (Å²) < 4.78 is 5.83. The highest BCUT2D eigenvalue weighted by Crippen LogP contribution is 2.29. The molecule has 0 bridgehead atoms. The van der Waals surface area contributed by atoms with Crippen molar-refractivity contribution < 1.29 is 19.4 Å². The van der Waals surface area contributed by atoms with Crippen LogP contribution in [0.2, 0.25) is 0 Å². The molecule has 24 heavy (non-hydrogen) atoms. The van der Waals surface area contributed by atoms with Crippen LogP contribution in [0.4, 0.5) is 0 Å². The van der Waals surface area contributed by atoms with Gasteiger partial charge in [-0.25, -0.2) is 0 Å². The van der Waals surface area contributed by atoms with E-state index in [2.05, 4.69) is 24.3 Å². The Hall–Kier alpha value is -1.33. The lowest BCUT2D eigenvalue weighted by Gasteiger charge is -2.29. The number of carbonyl (C=O) groups is 2. The summed E-state index contributed by atoms with van der Waals surface area (Å²) in [5, 5.41) is 9.16. The van der Waals surface area contributed by atoms with Gasteiger partial charge in [-0.1, -0.05) is 42.1 Å². The van der Waals surface area contributed by atoms with Crippen molar-refractivity contribution in [3.05, 3.63) is 35.9 Å². The average molecular weight is 350 g/mol. The third-order valence-corrected chi connectivity index (χ3v) is 5.51. The van der Waals surface area contributed by atoms with Crippen molar-refractivity contribution in [1.82, 2.24) is 0 Å². The Labute approximate surface area is 148 Å². The molecule has 132 valence electrons. The summed E-state index contributed by atoms with van der Waals surface area (Å²) in [6.07, 6.45) is 5.49. The first-order valence-electron chi connectivity index (χ1n) is 8.56. The summed E-state index contributed by atoms with van der Waals surface area (Å²) in [4.78, 5) is 22.2. The van der Waals surface area contributed by atoms with E-state index in [1.165, 1.54) is 12.5 Å². The van der Waals surface area contributed by atoms with Crippen molar-refractivity contribution in [3.63, 3.8) is 0 Å². The molecule has 1 N–H and O–H groups in total. The molecule has 1 aromatic carbocycles. The zero-order chi connectivity index (χ0) is 17.4. The molecule has 0 aliphatic heterocycles. The summed E-state index contributed by atoms with van der Waals surface area (Å²) >= 11 is 1.06. The molecule has 1 aliphatic rings. The van der Waals surface area contributed by atoms with Crippen LogP contribution in [0.3, 0.4) is 0 Å². The Morgan fingerprint density at radius 3 is 2.46 bits per heavy atom. The molecule has 0 radical (unpaired) electrons. The van der Waals surface area contributed by atoms with E-state index in [0.29, 0.717) is 5.92 Å². The van der Waals surface area contributed by atoms with E-state index in [1.54, 1.807) is 0 Å². The quantitative estimate of drug-likeness (QED) is 0.773. The predicted molar refractivity (Wildman–Crippen MR) is 96.1 cm³/mol. The maximum Gasteiger partial charge on any atom is 0.309 e. The van der Waals surface area contributed by atoms with Gasteiger partial charge < -0.3 is 9.84 Å². The highest BCUT2D eigenvalue weighted by Gasteiger charge is 2.25. The van der Waals surface area contributed by atoms with Gasteiger partial charge in [-0.15, -0.1) is 0 Å². The minimum Gasteiger partial charge on any atom is -0.481 e. The molecule has 1 atom stereocenters. The lowest BCUT2D eigenvalue weighted by Crippen LogP contribution is -2.29. The molecule has 1 fully saturated rings. The highest BCUT2D eigenvalue weighted by atomic mass is 32.2. The molecule has 0 amide bonds. The Kier molecular flexibility index (Phi) is 7.79. The fraction of sp³-hybridized carbons (Fsp3) is 0.579. The monoisotopic (exact) mass is 350 g/mol. The summed E-state index contributed by atoms with van der Waals surface area (Å²) in [5.41, 5.74) is 1.38. The maximum atomic E-state index is 11.2. The van der Waals surface area contributed by atoms with Crippen LogP contribution in [0.1, 0.15) is 38.2 Å². The number of ether oxygens (including phenoxy) is 1. The Balaban J connectivity index is 1.70. The number of thioether (sulfide) groups is 1. The fourth-order valence-corrected chi connectivity index (χ4v) is 3.79. The summed E-state index contributed by atoms with van der Waals surface area (Å²) in [6.45, 7) is 1.65. The molecule has 0 saturated heterocycles. The zero-order valence-corrected chi connectivity index (χ0v) is 15.0. The normalized spacial score (nSPS) is 22.0. The van der Waals surface area contributed by atoms with Crippen molar-refractivity contribution in [3.8, 4) is 0 Å². The molecule has 1 aromatic rings. The Morgan fingerprint density at radius 1 is 1.21 bits per heavy atom. The van der Waals surface area contributed by atoms with E-state index in [9.17, 15) is 14.7 Å². The van der Waals surface area contributed by atoms with Crippen LogP contribution in [0.5, 0.6) is 0 Å². The molecule has 1 saturated carbocycles. The van der Waals surface area contributed by atoms with Gasteiger partial charge in [0.2, 0.25) is 0 Å². The fourth-order valence-electron chi connectivity index (χ4n) is 3.11. The van der Waals surface area contributed by atoms with Crippen LogP contribution in [0.15, 0.2) is 30.3 Å². The van der Waals surface area contributed by atoms with Crippen LogP contribution in [0, 0.1) is 11.8 Å². The first kappa shape index (κ1) is 19.0. The van der Waals surface area contributed by atoms with E-state index < -0.39 is 11.9 Å². The summed E-state index contributed by atoms with van der Waals surface area (Å²) in [5.74, 6) is -0.521. The van der Waals surface area contributed by atoms with Gasteiger partial charge in [0, 0.05) is 12.7 Å². The van der Waals surface area contributed by atoms with Crippen molar-refractivity contribution in [2.24, 2.45) is 11.8 Å². The third-order valence-electron chi connectivity index (χ3n) is 4.53. The van der Waals surface area contributed by atoms with Crippen molar-refractivity contribution in [1.29, 1.82) is 0 Å². The van der Waals surface area contributed by atoms with Gasteiger partial charge in [-0.2, -0.15) is 0 Å². The number of rotatable bonds is 8. The second-order valence-corrected chi connectivity index (χ2v) is 7.70. The minimum atomic E-state index is -0.887. The van der Waals surface area contributed by atoms with Gasteiger partial charge in [0.1, 0.15) is 0 Å². The van der Waals surface area contributed by atoms with Crippen LogP contribution >= 0.6 is 11.8 Å². The highest BCUT2D eigenvalue weighted by molar-refractivity contribution is 8.13. The number of aliphatic carboxylic acids is 1. The van der Waals surface area contributed by atoms with Crippen LogP contribution in [-0.4, -0.2) is 34.7 Å². The van der Waals surface area contributed by atoms with Crippen LogP contribution < -0.4 is 0 Å². The van der Waals surface area contributed by atoms with E-state index in [1.807, 2.05) is 6.07 Å². The topological polar surface area (TPSA) is 63.6 Å². The molecule has 1 unspecified atom stereocenters. The Bertz CT molecular complexity index is 523. The molecule has 2 rings (SSSR count). The molecule has 0 spiro atoms. The molecule has 0 heterocycles. The zero-order valence-electron chi connectivity index (χ0n) is 14.1. The maximum absolute atomic E-state index is 11.2. The Morgan fingerprint density at radius 2 is 1.88 bits per heavy atom. The van der Waals surface area contributed by atoms with E-state index in [4.69, 9.17) is 4.74 Å². The first-order chi connectivity index (χ1) is 11.5.